The van der Waals surface area contributed by atoms with Crippen LogP contribution in [0.4, 0.5) is 0 Å². The molecule has 0 saturated carbocycles. The van der Waals surface area contributed by atoms with E-state index in [0.29, 0.717) is 5.92 Å². The fourth-order valence-electron chi connectivity index (χ4n) is 2.26. The Morgan fingerprint density at radius 3 is 2.14 bits per heavy atom. The summed E-state index contributed by atoms with van der Waals surface area (Å²) in [4.78, 5) is 0. The van der Waals surface area contributed by atoms with Crippen LogP contribution in [-0.4, -0.2) is 22.6 Å². The Hall–Kier alpha value is 0.137. The summed E-state index contributed by atoms with van der Waals surface area (Å²) in [6, 6.07) is 0. The zero-order valence-electron chi connectivity index (χ0n) is 9.81. The molecule has 0 bridgehead atoms. The summed E-state index contributed by atoms with van der Waals surface area (Å²) in [6.07, 6.45) is 5.52. The van der Waals surface area contributed by atoms with E-state index in [2.05, 4.69) is 31.3 Å². The number of hydrogen-bond donors (Lipinski definition) is 1. The van der Waals surface area contributed by atoms with E-state index in [1.165, 1.54) is 6.42 Å². The summed E-state index contributed by atoms with van der Waals surface area (Å²) in [5.74, 6) is 0.610. The van der Waals surface area contributed by atoms with E-state index in [1.54, 1.807) is 0 Å². The lowest BCUT2D eigenvalue weighted by molar-refractivity contribution is 0.000983. The van der Waals surface area contributed by atoms with Crippen LogP contribution in [0, 0.1) is 5.92 Å². The van der Waals surface area contributed by atoms with Crippen LogP contribution in [0.3, 0.4) is 0 Å². The van der Waals surface area contributed by atoms with Crippen LogP contribution in [0.15, 0.2) is 0 Å². The zero-order valence-corrected chi connectivity index (χ0v) is 10.8. The molecule has 0 heterocycles. The molecule has 3 heteroatoms. The fraction of sp³-hybridized carbons (Fsp3) is 1.00. The molecule has 0 aliphatic heterocycles. The van der Waals surface area contributed by atoms with Crippen LogP contribution >= 0.6 is 0 Å². The van der Waals surface area contributed by atoms with Gasteiger partial charge in [0.2, 0.25) is 10.5 Å². The van der Waals surface area contributed by atoms with E-state index in [0.717, 1.165) is 32.2 Å². The van der Waals surface area contributed by atoms with Gasteiger partial charge in [-0.05, 0) is 38.1 Å². The van der Waals surface area contributed by atoms with E-state index >= 15 is 0 Å². The normalized spacial score (nSPS) is 14.4. The van der Waals surface area contributed by atoms with Crippen LogP contribution in [0.2, 0.25) is 0 Å². The first-order valence-corrected chi connectivity index (χ1v) is 6.16. The minimum atomic E-state index is 0.000802. The van der Waals surface area contributed by atoms with Crippen molar-refractivity contribution in [1.29, 1.82) is 0 Å². The molecule has 83 valence electrons. The van der Waals surface area contributed by atoms with Crippen molar-refractivity contribution in [3.8, 4) is 0 Å². The third kappa shape index (κ3) is 3.37. The predicted octanol–water partition coefficient (Wildman–Crippen LogP) is 2.41. The highest BCUT2D eigenvalue weighted by atomic mass is 28.2. The van der Waals surface area contributed by atoms with E-state index in [9.17, 15) is 0 Å². The molecule has 1 atom stereocenters. The van der Waals surface area contributed by atoms with Crippen LogP contribution in [0.1, 0.15) is 52.9 Å². The van der Waals surface area contributed by atoms with Crippen LogP contribution in [-0.2, 0) is 4.43 Å². The molecule has 0 fully saturated rings. The molecular formula is C11H24NOSi. The first kappa shape index (κ1) is 14.1. The van der Waals surface area contributed by atoms with Crippen LogP contribution in [0.25, 0.3) is 0 Å². The molecule has 0 amide bonds. The first-order chi connectivity index (χ1) is 6.70. The molecule has 3 radical (unpaired) electrons. The predicted molar refractivity (Wildman–Crippen MR) is 62.2 cm³/mol. The van der Waals surface area contributed by atoms with Crippen molar-refractivity contribution in [1.82, 2.24) is 0 Å². The summed E-state index contributed by atoms with van der Waals surface area (Å²) in [5, 5.41) is 0. The SMILES string of the molecule is CCC(CCCN)C(CC)(CC)O[Si]. The molecule has 0 saturated heterocycles. The van der Waals surface area contributed by atoms with Gasteiger partial charge in [-0.3, -0.25) is 0 Å². The Balaban J connectivity index is 4.40. The third-order valence-electron chi connectivity index (χ3n) is 3.39. The van der Waals surface area contributed by atoms with E-state index in [-0.39, 0.29) is 5.60 Å². The van der Waals surface area contributed by atoms with Crippen molar-refractivity contribution in [3.05, 3.63) is 0 Å². The third-order valence-corrected chi connectivity index (χ3v) is 3.80. The quantitative estimate of drug-likeness (QED) is 0.630. The Kier molecular flexibility index (Phi) is 7.50. The van der Waals surface area contributed by atoms with Gasteiger partial charge in [0.1, 0.15) is 0 Å². The highest BCUT2D eigenvalue weighted by molar-refractivity contribution is 5.98. The van der Waals surface area contributed by atoms with Gasteiger partial charge >= 0.3 is 0 Å². The largest absolute Gasteiger partial charge is 0.413 e. The molecule has 0 aromatic carbocycles. The highest BCUT2D eigenvalue weighted by Gasteiger charge is 2.33. The van der Waals surface area contributed by atoms with Crippen molar-refractivity contribution < 1.29 is 4.43 Å². The average molecular weight is 214 g/mol. The summed E-state index contributed by atoms with van der Waals surface area (Å²) < 4.78 is 5.55. The van der Waals surface area contributed by atoms with Crippen molar-refractivity contribution in [2.75, 3.05) is 6.54 Å². The second kappa shape index (κ2) is 7.43. The molecule has 2 nitrogen and oxygen atoms in total. The molecule has 0 aliphatic rings. The van der Waals surface area contributed by atoms with Gasteiger partial charge in [0, 0.05) is 0 Å². The van der Waals surface area contributed by atoms with E-state index in [1.807, 2.05) is 0 Å². The lowest BCUT2D eigenvalue weighted by Gasteiger charge is -2.38. The zero-order chi connectivity index (χ0) is 11.0. The fourth-order valence-corrected chi connectivity index (χ4v) is 2.71. The van der Waals surface area contributed by atoms with Crippen molar-refractivity contribution in [3.63, 3.8) is 0 Å². The Morgan fingerprint density at radius 2 is 1.86 bits per heavy atom. The van der Waals surface area contributed by atoms with Gasteiger partial charge in [-0.25, -0.2) is 0 Å². The molecule has 0 aromatic heterocycles. The van der Waals surface area contributed by atoms with Gasteiger partial charge in [0.05, 0.1) is 5.60 Å². The van der Waals surface area contributed by atoms with Gasteiger partial charge in [0.15, 0.2) is 0 Å². The molecule has 0 spiro atoms. The highest BCUT2D eigenvalue weighted by Crippen LogP contribution is 2.34. The molecule has 14 heavy (non-hydrogen) atoms. The van der Waals surface area contributed by atoms with Crippen LogP contribution < -0.4 is 5.73 Å². The Morgan fingerprint density at radius 1 is 1.29 bits per heavy atom. The molecule has 0 aliphatic carbocycles. The summed E-state index contributed by atoms with van der Waals surface area (Å²) in [5.41, 5.74) is 5.55. The maximum absolute atomic E-state index is 5.55. The summed E-state index contributed by atoms with van der Waals surface area (Å²) in [7, 11) is 3.25. The number of hydrogen-bond acceptors (Lipinski definition) is 2. The van der Waals surface area contributed by atoms with Crippen molar-refractivity contribution >= 4 is 10.5 Å². The average Bonchev–Trinajstić information content (AvgIpc) is 2.25. The van der Waals surface area contributed by atoms with Crippen molar-refractivity contribution in [2.45, 2.75) is 58.5 Å². The van der Waals surface area contributed by atoms with Gasteiger partial charge in [-0.15, -0.1) is 0 Å². The topological polar surface area (TPSA) is 35.2 Å². The molecule has 0 aromatic rings. The standard InChI is InChI=1S/C11H24NOSi/c1-4-10(8-7-9-12)11(5-2,6-3)13-14/h10H,4-9,12H2,1-3H3. The lowest BCUT2D eigenvalue weighted by Crippen LogP contribution is -2.39. The summed E-state index contributed by atoms with van der Waals surface area (Å²) in [6.45, 7) is 7.39. The first-order valence-electron chi connectivity index (χ1n) is 5.75. The monoisotopic (exact) mass is 214 g/mol. The Labute approximate surface area is 92.1 Å². The number of rotatable bonds is 8. The molecule has 2 N–H and O–H groups in total. The second-order valence-corrected chi connectivity index (χ2v) is 4.11. The second-order valence-electron chi connectivity index (χ2n) is 3.91. The van der Waals surface area contributed by atoms with Gasteiger partial charge < -0.3 is 10.2 Å². The smallest absolute Gasteiger partial charge is 0.247 e. The van der Waals surface area contributed by atoms with Crippen LogP contribution in [0.5, 0.6) is 0 Å². The van der Waals surface area contributed by atoms with Gasteiger partial charge in [0.25, 0.3) is 0 Å². The maximum Gasteiger partial charge on any atom is 0.247 e. The lowest BCUT2D eigenvalue weighted by atomic mass is 9.78. The molecular weight excluding hydrogens is 190 g/mol. The van der Waals surface area contributed by atoms with Gasteiger partial charge in [-0.2, -0.15) is 0 Å². The van der Waals surface area contributed by atoms with E-state index in [4.69, 9.17) is 10.2 Å². The van der Waals surface area contributed by atoms with Gasteiger partial charge in [-0.1, -0.05) is 27.2 Å². The minimum absolute atomic E-state index is 0.000802. The molecule has 0 rings (SSSR count). The maximum atomic E-state index is 5.55. The Bertz CT molecular complexity index is 129. The van der Waals surface area contributed by atoms with Crippen molar-refractivity contribution in [2.24, 2.45) is 11.7 Å². The molecule has 1 unspecified atom stereocenters. The van der Waals surface area contributed by atoms with E-state index < -0.39 is 0 Å². The number of nitrogens with two attached hydrogens (primary N) is 1. The summed E-state index contributed by atoms with van der Waals surface area (Å²) >= 11 is 0. The minimum Gasteiger partial charge on any atom is -0.413 e.